The van der Waals surface area contributed by atoms with Gasteiger partial charge in [0.15, 0.2) is 11.5 Å². The van der Waals surface area contributed by atoms with E-state index < -0.39 is 4.92 Å². The Bertz CT molecular complexity index is 1300. The molecule has 4 aromatic rings. The zero-order valence-electron chi connectivity index (χ0n) is 16.2. The summed E-state index contributed by atoms with van der Waals surface area (Å²) in [4.78, 5) is 19.3. The maximum Gasteiger partial charge on any atom is 0.270 e. The van der Waals surface area contributed by atoms with Crippen molar-refractivity contribution in [3.63, 3.8) is 0 Å². The molecule has 4 rings (SSSR count). The van der Waals surface area contributed by atoms with Gasteiger partial charge in [0.25, 0.3) is 5.69 Å². The van der Waals surface area contributed by atoms with Crippen LogP contribution in [0.5, 0.6) is 0 Å². The van der Waals surface area contributed by atoms with Crippen molar-refractivity contribution < 1.29 is 4.92 Å². The van der Waals surface area contributed by atoms with Gasteiger partial charge in [0.1, 0.15) is 6.33 Å². The molecule has 0 atom stereocenters. The largest absolute Gasteiger partial charge is 0.298 e. The molecule has 1 N–H and O–H groups in total. The topological polar surface area (TPSA) is 98.2 Å². The number of aromatic nitrogens is 3. The van der Waals surface area contributed by atoms with Crippen LogP contribution in [-0.2, 0) is 0 Å². The van der Waals surface area contributed by atoms with Crippen molar-refractivity contribution >= 4 is 40.4 Å². The lowest BCUT2D eigenvalue weighted by Gasteiger charge is -2.08. The fourth-order valence-electron chi connectivity index (χ4n) is 3.30. The third-order valence-corrected chi connectivity index (χ3v) is 5.06. The summed E-state index contributed by atoms with van der Waals surface area (Å²) in [6.45, 7) is 4.01. The van der Waals surface area contributed by atoms with E-state index in [2.05, 4.69) is 20.5 Å². The summed E-state index contributed by atoms with van der Waals surface area (Å²) in [5.41, 5.74) is 7.21. The average molecular weight is 421 g/mol. The van der Waals surface area contributed by atoms with Crippen LogP contribution < -0.4 is 5.43 Å². The first-order valence-electron chi connectivity index (χ1n) is 9.08. The summed E-state index contributed by atoms with van der Waals surface area (Å²) in [6, 6.07) is 13.8. The Kier molecular flexibility index (Phi) is 5.16. The number of aryl methyl sites for hydroxylation is 1. The van der Waals surface area contributed by atoms with Crippen molar-refractivity contribution in [2.45, 2.75) is 13.8 Å². The Morgan fingerprint density at radius 1 is 1.17 bits per heavy atom. The predicted molar refractivity (Wildman–Crippen MR) is 118 cm³/mol. The Labute approximate surface area is 177 Å². The number of rotatable bonds is 5. The smallest absolute Gasteiger partial charge is 0.270 e. The summed E-state index contributed by atoms with van der Waals surface area (Å²) < 4.78 is 2.02. The van der Waals surface area contributed by atoms with Crippen molar-refractivity contribution in [3.8, 4) is 5.69 Å². The molecule has 0 fully saturated rings. The average Bonchev–Trinajstić information content (AvgIpc) is 2.99. The highest BCUT2D eigenvalue weighted by atomic mass is 35.5. The molecule has 8 nitrogen and oxygen atoms in total. The number of anilines is 1. The molecule has 0 bridgehead atoms. The van der Waals surface area contributed by atoms with E-state index in [1.807, 2.05) is 42.7 Å². The van der Waals surface area contributed by atoms with Gasteiger partial charge in [-0.15, -0.1) is 0 Å². The number of nitrogens with zero attached hydrogens (tertiary/aromatic N) is 5. The standard InChI is InChI=1S/C21H17ClN6O2/c1-13-14(2)27(17-7-4-6-16(22)10-17)21-19(13)20(23-12-24-21)26-25-11-15-5-3-8-18(9-15)28(29)30/h3-12H,1-2H3,(H,23,24,26)/b25-11-. The molecule has 0 aliphatic carbocycles. The van der Waals surface area contributed by atoms with E-state index >= 15 is 0 Å². The Morgan fingerprint density at radius 3 is 2.73 bits per heavy atom. The van der Waals surface area contributed by atoms with Crippen LogP contribution in [0.4, 0.5) is 11.5 Å². The summed E-state index contributed by atoms with van der Waals surface area (Å²) >= 11 is 6.17. The summed E-state index contributed by atoms with van der Waals surface area (Å²) in [7, 11) is 0. The van der Waals surface area contributed by atoms with Gasteiger partial charge in [0, 0.05) is 34.1 Å². The minimum Gasteiger partial charge on any atom is -0.298 e. The maximum atomic E-state index is 10.9. The van der Waals surface area contributed by atoms with Crippen molar-refractivity contribution in [1.29, 1.82) is 0 Å². The van der Waals surface area contributed by atoms with Crippen LogP contribution in [0.15, 0.2) is 60.0 Å². The summed E-state index contributed by atoms with van der Waals surface area (Å²) in [5.74, 6) is 0.544. The van der Waals surface area contributed by atoms with Gasteiger partial charge in [-0.05, 0) is 37.6 Å². The van der Waals surface area contributed by atoms with Gasteiger partial charge in [-0.25, -0.2) is 9.97 Å². The number of hydrogen-bond donors (Lipinski definition) is 1. The summed E-state index contributed by atoms with van der Waals surface area (Å²) in [6.07, 6.45) is 2.98. The highest BCUT2D eigenvalue weighted by molar-refractivity contribution is 6.30. The molecule has 0 radical (unpaired) electrons. The SMILES string of the molecule is Cc1c(C)n(-c2cccc(Cl)c2)c2ncnc(N/N=C\c3cccc([N+](=O)[O-])c3)c12. The van der Waals surface area contributed by atoms with Crippen LogP contribution in [0.3, 0.4) is 0 Å². The van der Waals surface area contributed by atoms with Crippen molar-refractivity contribution in [1.82, 2.24) is 14.5 Å². The van der Waals surface area contributed by atoms with Crippen molar-refractivity contribution in [2.75, 3.05) is 5.43 Å². The van der Waals surface area contributed by atoms with Crippen LogP contribution in [0.25, 0.3) is 16.7 Å². The lowest BCUT2D eigenvalue weighted by molar-refractivity contribution is -0.384. The van der Waals surface area contributed by atoms with Gasteiger partial charge in [0.05, 0.1) is 16.5 Å². The molecule has 150 valence electrons. The molecular weight excluding hydrogens is 404 g/mol. The highest BCUT2D eigenvalue weighted by Gasteiger charge is 2.17. The van der Waals surface area contributed by atoms with Gasteiger partial charge in [-0.2, -0.15) is 5.10 Å². The Balaban J connectivity index is 1.72. The highest BCUT2D eigenvalue weighted by Crippen LogP contribution is 2.31. The number of hydrogen-bond acceptors (Lipinski definition) is 6. The van der Waals surface area contributed by atoms with Crippen LogP contribution in [0, 0.1) is 24.0 Å². The van der Waals surface area contributed by atoms with Crippen molar-refractivity contribution in [2.24, 2.45) is 5.10 Å². The van der Waals surface area contributed by atoms with E-state index in [-0.39, 0.29) is 5.69 Å². The molecule has 0 unspecified atom stereocenters. The Morgan fingerprint density at radius 2 is 1.97 bits per heavy atom. The lowest BCUT2D eigenvalue weighted by Crippen LogP contribution is -1.99. The molecular formula is C21H17ClN6O2. The van der Waals surface area contributed by atoms with Crippen LogP contribution in [0.1, 0.15) is 16.8 Å². The third-order valence-electron chi connectivity index (χ3n) is 4.82. The first-order chi connectivity index (χ1) is 14.5. The van der Waals surface area contributed by atoms with Crippen LogP contribution in [-0.4, -0.2) is 25.7 Å². The number of hydrazone groups is 1. The number of fused-ring (bicyclic) bond motifs is 1. The van der Waals surface area contributed by atoms with E-state index in [1.165, 1.54) is 24.7 Å². The maximum absolute atomic E-state index is 10.9. The predicted octanol–water partition coefficient (Wildman–Crippen LogP) is 5.04. The van der Waals surface area contributed by atoms with Gasteiger partial charge >= 0.3 is 0 Å². The molecule has 0 saturated carbocycles. The van der Waals surface area contributed by atoms with Gasteiger partial charge in [-0.3, -0.25) is 20.1 Å². The number of non-ortho nitro benzene ring substituents is 1. The molecule has 0 aliphatic heterocycles. The van der Waals surface area contributed by atoms with Crippen LogP contribution >= 0.6 is 11.6 Å². The number of nitro groups is 1. The fourth-order valence-corrected chi connectivity index (χ4v) is 3.49. The van der Waals surface area contributed by atoms with Gasteiger partial charge in [0.2, 0.25) is 0 Å². The molecule has 0 amide bonds. The fraction of sp³-hybridized carbons (Fsp3) is 0.0952. The molecule has 9 heteroatoms. The quantitative estimate of drug-likeness (QED) is 0.277. The van der Waals surface area contributed by atoms with Gasteiger partial charge in [-0.1, -0.05) is 29.8 Å². The molecule has 30 heavy (non-hydrogen) atoms. The number of benzene rings is 2. The molecule has 0 saturated heterocycles. The second-order valence-corrected chi connectivity index (χ2v) is 7.11. The normalized spacial score (nSPS) is 11.3. The lowest BCUT2D eigenvalue weighted by atomic mass is 10.2. The first kappa shape index (κ1) is 19.5. The van der Waals surface area contributed by atoms with Gasteiger partial charge < -0.3 is 0 Å². The number of nitrogens with one attached hydrogen (secondary N) is 1. The number of halogens is 1. The van der Waals surface area contributed by atoms with E-state index in [9.17, 15) is 10.1 Å². The van der Waals surface area contributed by atoms with Crippen molar-refractivity contribution in [3.05, 3.63) is 86.8 Å². The zero-order chi connectivity index (χ0) is 21.3. The molecule has 2 aromatic heterocycles. The minimum absolute atomic E-state index is 0.00782. The van der Waals surface area contributed by atoms with E-state index in [0.717, 1.165) is 28.0 Å². The summed E-state index contributed by atoms with van der Waals surface area (Å²) in [5, 5.41) is 16.6. The molecule has 2 heterocycles. The second kappa shape index (κ2) is 7.92. The molecule has 0 spiro atoms. The van der Waals surface area contributed by atoms with E-state index in [0.29, 0.717) is 16.4 Å². The second-order valence-electron chi connectivity index (χ2n) is 6.67. The minimum atomic E-state index is -0.441. The zero-order valence-corrected chi connectivity index (χ0v) is 17.0. The Hall–Kier alpha value is -3.78. The first-order valence-corrected chi connectivity index (χ1v) is 9.45. The number of nitro benzene ring substituents is 1. The van der Waals surface area contributed by atoms with E-state index in [4.69, 9.17) is 11.6 Å². The third kappa shape index (κ3) is 3.60. The van der Waals surface area contributed by atoms with Crippen LogP contribution in [0.2, 0.25) is 5.02 Å². The monoisotopic (exact) mass is 420 g/mol. The molecule has 0 aliphatic rings. The van der Waals surface area contributed by atoms with E-state index in [1.54, 1.807) is 12.1 Å². The molecule has 2 aromatic carbocycles.